The van der Waals surface area contributed by atoms with Crippen molar-refractivity contribution in [1.29, 1.82) is 0 Å². The van der Waals surface area contributed by atoms with Crippen LogP contribution in [-0.4, -0.2) is 18.7 Å². The second-order valence-electron chi connectivity index (χ2n) is 5.16. The van der Waals surface area contributed by atoms with Crippen molar-refractivity contribution < 1.29 is 9.53 Å². The SMILES string of the molecule is COc1ccccc1C(=O)N/N=C(\c1ccccc1)C(C)C. The summed E-state index contributed by atoms with van der Waals surface area (Å²) in [5.74, 6) is 0.438. The minimum atomic E-state index is -0.286. The van der Waals surface area contributed by atoms with Crippen molar-refractivity contribution in [1.82, 2.24) is 5.43 Å². The van der Waals surface area contributed by atoms with E-state index in [1.807, 2.05) is 50.2 Å². The molecule has 0 aliphatic carbocycles. The molecule has 4 heteroatoms. The maximum absolute atomic E-state index is 12.3. The zero-order valence-corrected chi connectivity index (χ0v) is 13.0. The molecule has 22 heavy (non-hydrogen) atoms. The molecule has 4 nitrogen and oxygen atoms in total. The van der Waals surface area contributed by atoms with Crippen LogP contribution in [0.5, 0.6) is 5.75 Å². The molecule has 114 valence electrons. The van der Waals surface area contributed by atoms with Crippen molar-refractivity contribution in [3.8, 4) is 5.75 Å². The van der Waals surface area contributed by atoms with Gasteiger partial charge in [-0.15, -0.1) is 0 Å². The molecule has 0 atom stereocenters. The Kier molecular flexibility index (Phi) is 5.31. The monoisotopic (exact) mass is 296 g/mol. The third kappa shape index (κ3) is 3.73. The lowest BCUT2D eigenvalue weighted by Crippen LogP contribution is -2.22. The maximum atomic E-state index is 12.3. The highest BCUT2D eigenvalue weighted by atomic mass is 16.5. The van der Waals surface area contributed by atoms with E-state index >= 15 is 0 Å². The van der Waals surface area contributed by atoms with Gasteiger partial charge in [0, 0.05) is 0 Å². The summed E-state index contributed by atoms with van der Waals surface area (Å²) in [6.07, 6.45) is 0. The van der Waals surface area contributed by atoms with Gasteiger partial charge in [-0.1, -0.05) is 56.3 Å². The number of carbonyl (C=O) groups is 1. The Bertz CT molecular complexity index is 664. The molecule has 0 aliphatic heterocycles. The number of benzene rings is 2. The average Bonchev–Trinajstić information content (AvgIpc) is 2.55. The molecule has 0 radical (unpaired) electrons. The van der Waals surface area contributed by atoms with E-state index in [1.54, 1.807) is 25.3 Å². The summed E-state index contributed by atoms with van der Waals surface area (Å²) in [7, 11) is 1.54. The van der Waals surface area contributed by atoms with Gasteiger partial charge in [0.15, 0.2) is 0 Å². The van der Waals surface area contributed by atoms with Gasteiger partial charge in [0.1, 0.15) is 5.75 Å². The lowest BCUT2D eigenvalue weighted by molar-refractivity contribution is 0.0951. The van der Waals surface area contributed by atoms with Gasteiger partial charge >= 0.3 is 0 Å². The Morgan fingerprint density at radius 3 is 2.32 bits per heavy atom. The molecule has 2 rings (SSSR count). The molecule has 0 spiro atoms. The zero-order chi connectivity index (χ0) is 15.9. The number of nitrogens with one attached hydrogen (secondary N) is 1. The normalized spacial score (nSPS) is 11.4. The van der Waals surface area contributed by atoms with Crippen LogP contribution in [0.15, 0.2) is 59.7 Å². The van der Waals surface area contributed by atoms with Gasteiger partial charge < -0.3 is 4.74 Å². The van der Waals surface area contributed by atoms with Crippen LogP contribution in [-0.2, 0) is 0 Å². The number of para-hydroxylation sites is 1. The van der Waals surface area contributed by atoms with Crippen LogP contribution >= 0.6 is 0 Å². The minimum absolute atomic E-state index is 0.195. The molecular weight excluding hydrogens is 276 g/mol. The van der Waals surface area contributed by atoms with Crippen molar-refractivity contribution in [3.05, 3.63) is 65.7 Å². The largest absolute Gasteiger partial charge is 0.496 e. The maximum Gasteiger partial charge on any atom is 0.275 e. The van der Waals surface area contributed by atoms with E-state index in [9.17, 15) is 4.79 Å². The molecule has 0 unspecified atom stereocenters. The molecule has 0 fully saturated rings. The number of amides is 1. The summed E-state index contributed by atoms with van der Waals surface area (Å²) in [5.41, 5.74) is 4.92. The van der Waals surface area contributed by atoms with Crippen LogP contribution in [0, 0.1) is 5.92 Å². The number of hydrogen-bond acceptors (Lipinski definition) is 3. The summed E-state index contributed by atoms with van der Waals surface area (Å²) in [5, 5.41) is 4.31. The fourth-order valence-electron chi connectivity index (χ4n) is 2.14. The van der Waals surface area contributed by atoms with Gasteiger partial charge in [-0.05, 0) is 23.6 Å². The van der Waals surface area contributed by atoms with E-state index in [0.717, 1.165) is 11.3 Å². The molecule has 0 aromatic heterocycles. The number of hydrazone groups is 1. The summed E-state index contributed by atoms with van der Waals surface area (Å²) in [6.45, 7) is 4.09. The van der Waals surface area contributed by atoms with E-state index in [0.29, 0.717) is 11.3 Å². The Labute approximate surface area is 130 Å². The van der Waals surface area contributed by atoms with Crippen molar-refractivity contribution in [2.45, 2.75) is 13.8 Å². The lowest BCUT2D eigenvalue weighted by Gasteiger charge is -2.11. The summed E-state index contributed by atoms with van der Waals surface area (Å²) < 4.78 is 5.20. The third-order valence-electron chi connectivity index (χ3n) is 3.25. The quantitative estimate of drug-likeness (QED) is 0.678. The van der Waals surface area contributed by atoms with Gasteiger partial charge in [0.05, 0.1) is 18.4 Å². The molecule has 0 heterocycles. The van der Waals surface area contributed by atoms with Crippen LogP contribution in [0.3, 0.4) is 0 Å². The molecular formula is C18H20N2O2. The standard InChI is InChI=1S/C18H20N2O2/c1-13(2)17(14-9-5-4-6-10-14)19-20-18(21)15-11-7-8-12-16(15)22-3/h4-13H,1-3H3,(H,20,21)/b19-17-. The average molecular weight is 296 g/mol. The Morgan fingerprint density at radius 2 is 1.68 bits per heavy atom. The van der Waals surface area contributed by atoms with Crippen molar-refractivity contribution >= 4 is 11.6 Å². The minimum Gasteiger partial charge on any atom is -0.496 e. The number of methoxy groups -OCH3 is 1. The lowest BCUT2D eigenvalue weighted by atomic mass is 10.0. The smallest absolute Gasteiger partial charge is 0.275 e. The molecule has 0 saturated heterocycles. The first-order valence-corrected chi connectivity index (χ1v) is 7.20. The predicted octanol–water partition coefficient (Wildman–Crippen LogP) is 3.49. The number of hydrogen-bond donors (Lipinski definition) is 1. The van der Waals surface area contributed by atoms with Crippen LogP contribution in [0.2, 0.25) is 0 Å². The first-order chi connectivity index (χ1) is 10.6. The summed E-state index contributed by atoms with van der Waals surface area (Å²) in [4.78, 5) is 12.3. The molecule has 0 aliphatic rings. The van der Waals surface area contributed by atoms with Crippen molar-refractivity contribution in [2.75, 3.05) is 7.11 Å². The van der Waals surface area contributed by atoms with E-state index in [-0.39, 0.29) is 11.8 Å². The Balaban J connectivity index is 2.23. The van der Waals surface area contributed by atoms with Crippen LogP contribution in [0.4, 0.5) is 0 Å². The molecule has 1 amide bonds. The molecule has 2 aromatic carbocycles. The van der Waals surface area contributed by atoms with Gasteiger partial charge in [-0.2, -0.15) is 5.10 Å². The first kappa shape index (κ1) is 15.8. The van der Waals surface area contributed by atoms with Gasteiger partial charge in [-0.3, -0.25) is 4.79 Å². The molecule has 1 N–H and O–H groups in total. The van der Waals surface area contributed by atoms with E-state index in [1.165, 1.54) is 0 Å². The summed E-state index contributed by atoms with van der Waals surface area (Å²) in [6, 6.07) is 16.9. The van der Waals surface area contributed by atoms with Crippen LogP contribution in [0.1, 0.15) is 29.8 Å². The molecule has 0 bridgehead atoms. The predicted molar refractivity (Wildman–Crippen MR) is 88.3 cm³/mol. The third-order valence-corrected chi connectivity index (χ3v) is 3.25. The highest BCUT2D eigenvalue weighted by Gasteiger charge is 2.13. The second kappa shape index (κ2) is 7.41. The number of nitrogens with zero attached hydrogens (tertiary/aromatic N) is 1. The number of ether oxygens (including phenoxy) is 1. The van der Waals surface area contributed by atoms with Gasteiger partial charge in [0.25, 0.3) is 5.91 Å². The topological polar surface area (TPSA) is 50.7 Å². The fourth-order valence-corrected chi connectivity index (χ4v) is 2.14. The van der Waals surface area contributed by atoms with E-state index < -0.39 is 0 Å². The number of rotatable bonds is 5. The Morgan fingerprint density at radius 1 is 1.05 bits per heavy atom. The fraction of sp³-hybridized carbons (Fsp3) is 0.222. The van der Waals surface area contributed by atoms with Gasteiger partial charge in [0.2, 0.25) is 0 Å². The summed E-state index contributed by atoms with van der Waals surface area (Å²) >= 11 is 0. The number of carbonyl (C=O) groups excluding carboxylic acids is 1. The Hall–Kier alpha value is -2.62. The van der Waals surface area contributed by atoms with Crippen molar-refractivity contribution in [3.63, 3.8) is 0 Å². The van der Waals surface area contributed by atoms with Gasteiger partial charge in [-0.25, -0.2) is 5.43 Å². The second-order valence-corrected chi connectivity index (χ2v) is 5.16. The van der Waals surface area contributed by atoms with Crippen LogP contribution < -0.4 is 10.2 Å². The molecule has 2 aromatic rings. The van der Waals surface area contributed by atoms with E-state index in [2.05, 4.69) is 10.5 Å². The van der Waals surface area contributed by atoms with Crippen LogP contribution in [0.25, 0.3) is 0 Å². The molecule has 0 saturated carbocycles. The van der Waals surface area contributed by atoms with Crippen molar-refractivity contribution in [2.24, 2.45) is 11.0 Å². The highest BCUT2D eigenvalue weighted by molar-refractivity contribution is 6.03. The highest BCUT2D eigenvalue weighted by Crippen LogP contribution is 2.17. The van der Waals surface area contributed by atoms with E-state index in [4.69, 9.17) is 4.74 Å². The zero-order valence-electron chi connectivity index (χ0n) is 13.0. The first-order valence-electron chi connectivity index (χ1n) is 7.20.